The average molecular weight is 225 g/mol. The second-order valence-electron chi connectivity index (χ2n) is 2.66. The second kappa shape index (κ2) is 3.66. The number of aromatic nitrogens is 4. The summed E-state index contributed by atoms with van der Waals surface area (Å²) in [4.78, 5) is 18.4. The second-order valence-corrected chi connectivity index (χ2v) is 3.05. The Kier molecular flexibility index (Phi) is 2.34. The third-order valence-corrected chi connectivity index (χ3v) is 1.85. The molecule has 0 fully saturated rings. The van der Waals surface area contributed by atoms with Crippen molar-refractivity contribution in [2.45, 2.75) is 0 Å². The number of hydrogen-bond donors (Lipinski definition) is 1. The number of carbonyl (C=O) groups is 1. The van der Waals surface area contributed by atoms with Gasteiger partial charge in [-0.3, -0.25) is 0 Å². The van der Waals surface area contributed by atoms with Gasteiger partial charge in [-0.05, 0) is 6.07 Å². The van der Waals surface area contributed by atoms with E-state index in [9.17, 15) is 4.79 Å². The topological polar surface area (TPSA) is 80.9 Å². The Labute approximate surface area is 89.2 Å². The van der Waals surface area contributed by atoms with Crippen molar-refractivity contribution < 1.29 is 9.90 Å². The van der Waals surface area contributed by atoms with E-state index in [2.05, 4.69) is 15.1 Å². The van der Waals surface area contributed by atoms with Crippen LogP contribution in [0.15, 0.2) is 24.7 Å². The molecular weight excluding hydrogens is 220 g/mol. The van der Waals surface area contributed by atoms with Gasteiger partial charge in [-0.25, -0.2) is 14.5 Å². The maximum atomic E-state index is 10.6. The average Bonchev–Trinajstić information content (AvgIpc) is 2.66. The van der Waals surface area contributed by atoms with Crippen molar-refractivity contribution >= 4 is 17.6 Å². The van der Waals surface area contributed by atoms with Gasteiger partial charge in [0.2, 0.25) is 0 Å². The third-order valence-electron chi connectivity index (χ3n) is 1.64. The highest BCUT2D eigenvalue weighted by molar-refractivity contribution is 6.29. The van der Waals surface area contributed by atoms with E-state index in [1.165, 1.54) is 29.3 Å². The highest BCUT2D eigenvalue weighted by atomic mass is 35.5. The van der Waals surface area contributed by atoms with E-state index in [-0.39, 0.29) is 16.7 Å². The Hall–Kier alpha value is -1.95. The van der Waals surface area contributed by atoms with Crippen molar-refractivity contribution in [3.05, 3.63) is 35.4 Å². The van der Waals surface area contributed by atoms with Crippen LogP contribution in [0, 0.1) is 0 Å². The number of carboxylic acids is 1. The maximum absolute atomic E-state index is 10.6. The van der Waals surface area contributed by atoms with Gasteiger partial charge in [0.05, 0.1) is 11.8 Å². The van der Waals surface area contributed by atoms with Crippen LogP contribution in [0.25, 0.3) is 5.95 Å². The normalized spacial score (nSPS) is 10.2. The largest absolute Gasteiger partial charge is 0.478 e. The minimum absolute atomic E-state index is 0.0681. The van der Waals surface area contributed by atoms with E-state index in [1.54, 1.807) is 0 Å². The van der Waals surface area contributed by atoms with Gasteiger partial charge in [-0.2, -0.15) is 10.1 Å². The zero-order valence-electron chi connectivity index (χ0n) is 7.33. The van der Waals surface area contributed by atoms with Crippen molar-refractivity contribution in [1.82, 2.24) is 19.7 Å². The molecule has 0 bridgehead atoms. The lowest BCUT2D eigenvalue weighted by Gasteiger charge is -1.97. The highest BCUT2D eigenvalue weighted by Crippen LogP contribution is 2.07. The van der Waals surface area contributed by atoms with Gasteiger partial charge in [0.1, 0.15) is 5.15 Å². The summed E-state index contributed by atoms with van der Waals surface area (Å²) in [6, 6.07) is 1.52. The molecule has 0 spiro atoms. The van der Waals surface area contributed by atoms with Crippen molar-refractivity contribution in [3.63, 3.8) is 0 Å². The lowest BCUT2D eigenvalue weighted by atomic mass is 10.4. The van der Waals surface area contributed by atoms with Crippen molar-refractivity contribution in [1.29, 1.82) is 0 Å². The highest BCUT2D eigenvalue weighted by Gasteiger charge is 2.08. The number of carboxylic acid groups (broad SMARTS) is 1. The van der Waals surface area contributed by atoms with Gasteiger partial charge in [0.15, 0.2) is 0 Å². The molecule has 0 amide bonds. The number of aromatic carboxylic acids is 1. The zero-order valence-corrected chi connectivity index (χ0v) is 8.09. The molecule has 0 aliphatic carbocycles. The molecule has 2 aromatic rings. The summed E-state index contributed by atoms with van der Waals surface area (Å²) in [7, 11) is 0. The Bertz CT molecular complexity index is 511. The lowest BCUT2D eigenvalue weighted by Crippen LogP contribution is -2.01. The molecule has 76 valence electrons. The molecule has 2 aromatic heterocycles. The molecule has 2 rings (SSSR count). The fraction of sp³-hybridized carbons (Fsp3) is 0. The van der Waals surface area contributed by atoms with E-state index in [4.69, 9.17) is 16.7 Å². The van der Waals surface area contributed by atoms with Crippen molar-refractivity contribution in [2.24, 2.45) is 0 Å². The molecule has 0 radical (unpaired) electrons. The molecule has 0 unspecified atom stereocenters. The van der Waals surface area contributed by atoms with Crippen LogP contribution in [0.1, 0.15) is 10.4 Å². The molecule has 0 saturated carbocycles. The first-order valence-corrected chi connectivity index (χ1v) is 4.31. The molecule has 0 saturated heterocycles. The predicted octanol–water partition coefficient (Wildman–Crippen LogP) is 1.01. The molecule has 0 aromatic carbocycles. The molecule has 0 aliphatic rings. The van der Waals surface area contributed by atoms with Crippen molar-refractivity contribution in [2.75, 3.05) is 0 Å². The summed E-state index contributed by atoms with van der Waals surface area (Å²) in [5.74, 6) is -0.821. The smallest absolute Gasteiger partial charge is 0.338 e. The van der Waals surface area contributed by atoms with E-state index >= 15 is 0 Å². The van der Waals surface area contributed by atoms with Crippen LogP contribution in [0.3, 0.4) is 0 Å². The Morgan fingerprint density at radius 2 is 2.33 bits per heavy atom. The molecule has 0 aliphatic heterocycles. The van der Waals surface area contributed by atoms with Gasteiger partial charge < -0.3 is 5.11 Å². The van der Waals surface area contributed by atoms with Crippen LogP contribution < -0.4 is 0 Å². The van der Waals surface area contributed by atoms with Gasteiger partial charge in [0.25, 0.3) is 5.95 Å². The van der Waals surface area contributed by atoms with Gasteiger partial charge in [-0.15, -0.1) is 0 Å². The molecule has 6 nitrogen and oxygen atoms in total. The summed E-state index contributed by atoms with van der Waals surface area (Å²) in [5, 5.41) is 12.8. The van der Waals surface area contributed by atoms with Gasteiger partial charge in [0, 0.05) is 12.4 Å². The molecule has 7 heteroatoms. The summed E-state index contributed by atoms with van der Waals surface area (Å²) >= 11 is 5.66. The lowest BCUT2D eigenvalue weighted by molar-refractivity contribution is 0.0697. The Morgan fingerprint density at radius 3 is 2.93 bits per heavy atom. The van der Waals surface area contributed by atoms with Crippen LogP contribution in [0.5, 0.6) is 0 Å². The minimum atomic E-state index is -1.05. The summed E-state index contributed by atoms with van der Waals surface area (Å²) in [6.45, 7) is 0. The molecule has 2 heterocycles. The van der Waals surface area contributed by atoms with E-state index in [0.717, 1.165) is 0 Å². The zero-order chi connectivity index (χ0) is 10.8. The summed E-state index contributed by atoms with van der Waals surface area (Å²) in [5.41, 5.74) is 0.0681. The first kappa shape index (κ1) is 9.60. The Morgan fingerprint density at radius 1 is 1.53 bits per heavy atom. The monoisotopic (exact) mass is 224 g/mol. The first-order chi connectivity index (χ1) is 7.16. The molecular formula is C8H5ClN4O2. The van der Waals surface area contributed by atoms with Crippen LogP contribution in [-0.4, -0.2) is 30.8 Å². The van der Waals surface area contributed by atoms with Crippen LogP contribution in [0.4, 0.5) is 0 Å². The fourth-order valence-electron chi connectivity index (χ4n) is 0.980. The van der Waals surface area contributed by atoms with Crippen LogP contribution in [-0.2, 0) is 0 Å². The summed E-state index contributed by atoms with van der Waals surface area (Å²) in [6.07, 6.45) is 3.99. The standard InChI is InChI=1S/C8H5ClN4O2/c9-6-1-2-10-8(12-6)13-4-5(3-11-13)7(14)15/h1-4H,(H,14,15). The SMILES string of the molecule is O=C(O)c1cnn(-c2nccc(Cl)n2)c1. The molecule has 1 N–H and O–H groups in total. The van der Waals surface area contributed by atoms with E-state index < -0.39 is 5.97 Å². The Balaban J connectivity index is 2.41. The number of rotatable bonds is 2. The van der Waals surface area contributed by atoms with Crippen LogP contribution >= 0.6 is 11.6 Å². The number of halogens is 1. The quantitative estimate of drug-likeness (QED) is 0.770. The van der Waals surface area contributed by atoms with E-state index in [1.807, 2.05) is 0 Å². The number of nitrogens with zero attached hydrogens (tertiary/aromatic N) is 4. The van der Waals surface area contributed by atoms with Crippen LogP contribution in [0.2, 0.25) is 5.15 Å². The van der Waals surface area contributed by atoms with E-state index in [0.29, 0.717) is 0 Å². The van der Waals surface area contributed by atoms with Gasteiger partial charge >= 0.3 is 5.97 Å². The molecule has 15 heavy (non-hydrogen) atoms. The fourth-order valence-corrected chi connectivity index (χ4v) is 1.11. The number of hydrogen-bond acceptors (Lipinski definition) is 4. The van der Waals surface area contributed by atoms with Gasteiger partial charge in [-0.1, -0.05) is 11.6 Å². The van der Waals surface area contributed by atoms with Crippen molar-refractivity contribution in [3.8, 4) is 5.95 Å². The molecule has 0 atom stereocenters. The third kappa shape index (κ3) is 1.94. The summed E-state index contributed by atoms with van der Waals surface area (Å²) < 4.78 is 1.25. The minimum Gasteiger partial charge on any atom is -0.478 e. The maximum Gasteiger partial charge on any atom is 0.338 e. The first-order valence-electron chi connectivity index (χ1n) is 3.94. The predicted molar refractivity (Wildman–Crippen MR) is 51.1 cm³/mol.